The van der Waals surface area contributed by atoms with E-state index < -0.39 is 5.97 Å². The molecule has 4 aliphatic rings. The van der Waals surface area contributed by atoms with Crippen molar-refractivity contribution >= 4 is 23.5 Å². The van der Waals surface area contributed by atoms with Crippen LogP contribution in [0.4, 0.5) is 5.69 Å². The van der Waals surface area contributed by atoms with Gasteiger partial charge in [0.2, 0.25) is 5.91 Å². The minimum absolute atomic E-state index is 0.0889. The summed E-state index contributed by atoms with van der Waals surface area (Å²) in [5, 5.41) is 5.79. The number of esters is 1. The molecule has 6 nitrogen and oxygen atoms in total. The van der Waals surface area contributed by atoms with E-state index in [1.54, 1.807) is 12.1 Å². The van der Waals surface area contributed by atoms with Crippen molar-refractivity contribution < 1.29 is 19.1 Å². The number of para-hydroxylation sites is 1. The molecule has 1 aromatic carbocycles. The second-order valence-electron chi connectivity index (χ2n) is 9.82. The first-order chi connectivity index (χ1) is 14.3. The lowest BCUT2D eigenvalue weighted by Gasteiger charge is -2.59. The first-order valence-corrected chi connectivity index (χ1v) is 11.1. The Balaban J connectivity index is 1.35. The van der Waals surface area contributed by atoms with E-state index in [4.69, 9.17) is 4.74 Å². The van der Waals surface area contributed by atoms with Gasteiger partial charge in [0.25, 0.3) is 5.91 Å². The van der Waals surface area contributed by atoms with Crippen LogP contribution in [-0.2, 0) is 14.3 Å². The standard InChI is InChI=1S/C24H32N2O4/c1-14-5-4-6-20(22(14)26-16(3)27)23(29)30-13-21(28)25-15(2)24-10-17-7-18(11-24)9-19(8-17)12-24/h4-6,15,17-19H,7-13H2,1-3H3,(H,25,28)(H,26,27)/t15-,17?,18?,19?,24?/m0/s1. The number of ether oxygens (including phenoxy) is 1. The predicted octanol–water partition coefficient (Wildman–Crippen LogP) is 3.83. The molecule has 30 heavy (non-hydrogen) atoms. The molecule has 4 fully saturated rings. The Hall–Kier alpha value is -2.37. The molecule has 0 radical (unpaired) electrons. The number of nitrogens with one attached hydrogen (secondary N) is 2. The normalized spacial score (nSPS) is 29.9. The van der Waals surface area contributed by atoms with Crippen molar-refractivity contribution in [2.24, 2.45) is 23.2 Å². The Morgan fingerprint density at radius 2 is 1.70 bits per heavy atom. The fourth-order valence-corrected chi connectivity index (χ4v) is 6.53. The van der Waals surface area contributed by atoms with Crippen molar-refractivity contribution in [3.05, 3.63) is 29.3 Å². The van der Waals surface area contributed by atoms with E-state index in [-0.39, 0.29) is 35.4 Å². The summed E-state index contributed by atoms with van der Waals surface area (Å²) in [5.74, 6) is 1.33. The molecule has 1 aromatic rings. The lowest BCUT2D eigenvalue weighted by atomic mass is 9.48. The molecule has 162 valence electrons. The Morgan fingerprint density at radius 3 is 2.27 bits per heavy atom. The van der Waals surface area contributed by atoms with Crippen molar-refractivity contribution in [1.82, 2.24) is 5.32 Å². The average Bonchev–Trinajstić information content (AvgIpc) is 2.66. The molecule has 0 aliphatic heterocycles. The van der Waals surface area contributed by atoms with Crippen molar-refractivity contribution in [3.8, 4) is 0 Å². The lowest BCUT2D eigenvalue weighted by Crippen LogP contribution is -2.56. The third-order valence-electron chi connectivity index (χ3n) is 7.51. The average molecular weight is 413 g/mol. The second-order valence-corrected chi connectivity index (χ2v) is 9.82. The summed E-state index contributed by atoms with van der Waals surface area (Å²) in [7, 11) is 0. The van der Waals surface area contributed by atoms with Crippen LogP contribution in [0.3, 0.4) is 0 Å². The molecular formula is C24H32N2O4. The van der Waals surface area contributed by atoms with Gasteiger partial charge < -0.3 is 15.4 Å². The number of rotatable bonds is 6. The van der Waals surface area contributed by atoms with Crippen LogP contribution in [0.5, 0.6) is 0 Å². The number of hydrogen-bond donors (Lipinski definition) is 2. The maximum absolute atomic E-state index is 12.6. The van der Waals surface area contributed by atoms with E-state index in [1.807, 2.05) is 13.0 Å². The lowest BCUT2D eigenvalue weighted by molar-refractivity contribution is -0.128. The van der Waals surface area contributed by atoms with Gasteiger partial charge in [-0.25, -0.2) is 4.79 Å². The summed E-state index contributed by atoms with van der Waals surface area (Å²) in [6.07, 6.45) is 7.73. The van der Waals surface area contributed by atoms with Crippen molar-refractivity contribution in [2.75, 3.05) is 11.9 Å². The number of aryl methyl sites for hydroxylation is 1. The Morgan fingerprint density at radius 1 is 1.10 bits per heavy atom. The molecular weight excluding hydrogens is 380 g/mol. The van der Waals surface area contributed by atoms with E-state index in [0.29, 0.717) is 5.69 Å². The van der Waals surface area contributed by atoms with Crippen LogP contribution < -0.4 is 10.6 Å². The van der Waals surface area contributed by atoms with E-state index in [9.17, 15) is 14.4 Å². The molecule has 2 N–H and O–H groups in total. The number of carbonyl (C=O) groups is 3. The maximum Gasteiger partial charge on any atom is 0.340 e. The molecule has 0 unspecified atom stereocenters. The molecule has 4 saturated carbocycles. The van der Waals surface area contributed by atoms with Gasteiger partial charge in [0.05, 0.1) is 11.3 Å². The van der Waals surface area contributed by atoms with Gasteiger partial charge in [-0.05, 0) is 87.2 Å². The van der Waals surface area contributed by atoms with Crippen LogP contribution in [-0.4, -0.2) is 30.4 Å². The molecule has 0 aromatic heterocycles. The number of amides is 2. The fraction of sp³-hybridized carbons (Fsp3) is 0.625. The zero-order valence-electron chi connectivity index (χ0n) is 18.1. The fourth-order valence-electron chi connectivity index (χ4n) is 6.53. The molecule has 5 rings (SSSR count). The molecule has 4 bridgehead atoms. The summed E-state index contributed by atoms with van der Waals surface area (Å²) in [4.78, 5) is 36.6. The minimum atomic E-state index is -0.611. The van der Waals surface area contributed by atoms with Crippen LogP contribution in [0, 0.1) is 30.1 Å². The van der Waals surface area contributed by atoms with E-state index >= 15 is 0 Å². The van der Waals surface area contributed by atoms with Crippen LogP contribution in [0.2, 0.25) is 0 Å². The van der Waals surface area contributed by atoms with Gasteiger partial charge in [-0.3, -0.25) is 9.59 Å². The summed E-state index contributed by atoms with van der Waals surface area (Å²) >= 11 is 0. The summed E-state index contributed by atoms with van der Waals surface area (Å²) < 4.78 is 5.28. The van der Waals surface area contributed by atoms with E-state index in [0.717, 1.165) is 23.3 Å². The Kier molecular flexibility index (Phi) is 5.60. The zero-order valence-corrected chi connectivity index (χ0v) is 18.1. The molecule has 2 amide bonds. The second kappa shape index (κ2) is 8.05. The molecule has 6 heteroatoms. The quantitative estimate of drug-likeness (QED) is 0.696. The molecule has 0 spiro atoms. The van der Waals surface area contributed by atoms with Gasteiger partial charge in [0, 0.05) is 13.0 Å². The smallest absolute Gasteiger partial charge is 0.340 e. The van der Waals surface area contributed by atoms with E-state index in [2.05, 4.69) is 17.6 Å². The Bertz CT molecular complexity index is 827. The molecule has 0 saturated heterocycles. The topological polar surface area (TPSA) is 84.5 Å². The zero-order chi connectivity index (χ0) is 21.5. The van der Waals surface area contributed by atoms with Gasteiger partial charge in [0.15, 0.2) is 6.61 Å². The highest BCUT2D eigenvalue weighted by Gasteiger charge is 2.53. The summed E-state index contributed by atoms with van der Waals surface area (Å²) in [6, 6.07) is 5.22. The van der Waals surface area contributed by atoms with Crippen molar-refractivity contribution in [1.29, 1.82) is 0 Å². The van der Waals surface area contributed by atoms with Crippen LogP contribution in [0.1, 0.15) is 68.3 Å². The largest absolute Gasteiger partial charge is 0.452 e. The first kappa shape index (κ1) is 20.9. The highest BCUT2D eigenvalue weighted by atomic mass is 16.5. The highest BCUT2D eigenvalue weighted by molar-refractivity contribution is 6.02. The highest BCUT2D eigenvalue weighted by Crippen LogP contribution is 2.61. The Labute approximate surface area is 178 Å². The maximum atomic E-state index is 12.6. The van der Waals surface area contributed by atoms with Gasteiger partial charge >= 0.3 is 5.97 Å². The van der Waals surface area contributed by atoms with Crippen LogP contribution >= 0.6 is 0 Å². The van der Waals surface area contributed by atoms with Gasteiger partial charge in [-0.2, -0.15) is 0 Å². The third-order valence-corrected chi connectivity index (χ3v) is 7.51. The van der Waals surface area contributed by atoms with Crippen LogP contribution in [0.25, 0.3) is 0 Å². The first-order valence-electron chi connectivity index (χ1n) is 11.1. The summed E-state index contributed by atoms with van der Waals surface area (Å²) in [5.41, 5.74) is 1.66. The molecule has 0 heterocycles. The van der Waals surface area contributed by atoms with Crippen molar-refractivity contribution in [2.45, 2.75) is 65.3 Å². The van der Waals surface area contributed by atoms with Crippen molar-refractivity contribution in [3.63, 3.8) is 0 Å². The molecule has 4 aliphatic carbocycles. The number of hydrogen-bond acceptors (Lipinski definition) is 4. The predicted molar refractivity (Wildman–Crippen MR) is 114 cm³/mol. The molecule has 1 atom stereocenters. The monoisotopic (exact) mass is 412 g/mol. The number of anilines is 1. The number of carbonyl (C=O) groups excluding carboxylic acids is 3. The van der Waals surface area contributed by atoms with Gasteiger partial charge in [-0.1, -0.05) is 12.1 Å². The van der Waals surface area contributed by atoms with Crippen LogP contribution in [0.15, 0.2) is 18.2 Å². The van der Waals surface area contributed by atoms with Gasteiger partial charge in [-0.15, -0.1) is 0 Å². The van der Waals surface area contributed by atoms with E-state index in [1.165, 1.54) is 45.4 Å². The minimum Gasteiger partial charge on any atom is -0.452 e. The SMILES string of the molecule is CC(=O)Nc1c(C)cccc1C(=O)OCC(=O)N[C@@H](C)C12CC3CC(CC(C3)C1)C2. The summed E-state index contributed by atoms with van der Waals surface area (Å²) in [6.45, 7) is 4.99. The number of benzene rings is 1. The van der Waals surface area contributed by atoms with Gasteiger partial charge in [0.1, 0.15) is 0 Å². The third kappa shape index (κ3) is 4.09.